The number of aliphatic hydroxyl groups excluding tert-OH is 4. The van der Waals surface area contributed by atoms with Gasteiger partial charge in [-0.3, -0.25) is 23.2 Å². The highest BCUT2D eigenvalue weighted by atomic mass is 31.3. The van der Waals surface area contributed by atoms with Gasteiger partial charge in [-0.15, -0.1) is 0 Å². The van der Waals surface area contributed by atoms with Crippen LogP contribution < -0.4 is 11.4 Å². The zero-order chi connectivity index (χ0) is 53.0. The molecule has 0 aromatic carbocycles. The molecule has 0 bridgehead atoms. The lowest BCUT2D eigenvalue weighted by atomic mass is 10.0. The topological polar surface area (TPSA) is 306 Å². The lowest BCUT2D eigenvalue weighted by molar-refractivity contribution is -0.161. The third kappa shape index (κ3) is 30.3. The van der Waals surface area contributed by atoms with Crippen LogP contribution in [-0.2, 0) is 46.3 Å². The molecule has 20 nitrogen and oxygen atoms in total. The SMILES string of the molecule is CC/C=C\C[C@@H](O)/C=C/C=C\C=C\[C@@H](O)C/C=C\C/C=C\CCC(=O)OC[C@H](COP(=O)(O)OP(=O)(O)OC[C@H]1O[C@@H](n2ccc(N)nc2=O)[C@H](O)[C@@H]1O)OC(=O)CCCCCCCCCCCCCCC. The fourth-order valence-corrected chi connectivity index (χ4v) is 9.15. The number of hydrogen-bond acceptors (Lipinski definition) is 17. The van der Waals surface area contributed by atoms with Crippen molar-refractivity contribution in [1.29, 1.82) is 0 Å². The number of rotatable bonds is 40. The molecular formula is C50H81N3O17P2. The Morgan fingerprint density at radius 3 is 1.92 bits per heavy atom. The Labute approximate surface area is 424 Å². The van der Waals surface area contributed by atoms with E-state index >= 15 is 0 Å². The van der Waals surface area contributed by atoms with Gasteiger partial charge in [0.2, 0.25) is 0 Å². The number of aromatic nitrogens is 2. The van der Waals surface area contributed by atoms with Crippen LogP contribution in [0.2, 0.25) is 0 Å². The van der Waals surface area contributed by atoms with Crippen molar-refractivity contribution in [3.63, 3.8) is 0 Å². The van der Waals surface area contributed by atoms with Gasteiger partial charge >= 0.3 is 33.3 Å². The monoisotopic (exact) mass is 1060 g/mol. The van der Waals surface area contributed by atoms with E-state index in [2.05, 4.69) is 16.2 Å². The smallest absolute Gasteiger partial charge is 0.462 e. The number of aliphatic hydroxyl groups is 4. The second-order valence-corrected chi connectivity index (χ2v) is 20.4. The number of nitrogens with two attached hydrogens (primary N) is 1. The van der Waals surface area contributed by atoms with Crippen LogP contribution >= 0.6 is 15.6 Å². The van der Waals surface area contributed by atoms with Gasteiger partial charge in [0.05, 0.1) is 25.4 Å². The number of phosphoric acid groups is 2. The van der Waals surface area contributed by atoms with Crippen LogP contribution in [0.3, 0.4) is 0 Å². The van der Waals surface area contributed by atoms with Crippen LogP contribution in [0.15, 0.2) is 90.0 Å². The molecule has 0 saturated carbocycles. The predicted molar refractivity (Wildman–Crippen MR) is 273 cm³/mol. The van der Waals surface area contributed by atoms with Crippen molar-refractivity contribution in [3.8, 4) is 0 Å². The maximum absolute atomic E-state index is 12.8. The number of nitrogen functional groups attached to an aromatic ring is 1. The summed E-state index contributed by atoms with van der Waals surface area (Å²) in [7, 11) is -10.9. The molecule has 72 heavy (non-hydrogen) atoms. The molecule has 22 heteroatoms. The number of esters is 2. The van der Waals surface area contributed by atoms with Gasteiger partial charge in [0.25, 0.3) is 0 Å². The first-order valence-corrected chi connectivity index (χ1v) is 28.2. The van der Waals surface area contributed by atoms with Crippen LogP contribution in [0, 0.1) is 0 Å². The molecule has 9 atom stereocenters. The molecule has 1 aliphatic rings. The summed E-state index contributed by atoms with van der Waals surface area (Å²) in [6, 6.07) is 1.23. The number of anilines is 1. The van der Waals surface area contributed by atoms with Gasteiger partial charge in [-0.1, -0.05) is 164 Å². The quantitative estimate of drug-likeness (QED) is 0.0107. The van der Waals surface area contributed by atoms with Crippen LogP contribution in [0.25, 0.3) is 0 Å². The normalized spacial score (nSPS) is 20.6. The van der Waals surface area contributed by atoms with Crippen LogP contribution in [0.1, 0.15) is 148 Å². The Morgan fingerprint density at radius 1 is 0.750 bits per heavy atom. The number of phosphoric ester groups is 2. The van der Waals surface area contributed by atoms with E-state index in [0.29, 0.717) is 32.1 Å². The summed E-state index contributed by atoms with van der Waals surface area (Å²) in [6.45, 7) is 1.78. The van der Waals surface area contributed by atoms with Crippen LogP contribution in [-0.4, -0.2) is 108 Å². The summed E-state index contributed by atoms with van der Waals surface area (Å²) >= 11 is 0. The third-order valence-corrected chi connectivity index (χ3v) is 13.6. The Bertz CT molecular complexity index is 2030. The highest BCUT2D eigenvalue weighted by Gasteiger charge is 2.46. The highest BCUT2D eigenvalue weighted by molar-refractivity contribution is 7.61. The Balaban J connectivity index is 1.86. The van der Waals surface area contributed by atoms with Gasteiger partial charge in [0.1, 0.15) is 30.7 Å². The van der Waals surface area contributed by atoms with Crippen LogP contribution in [0.4, 0.5) is 5.82 Å². The summed E-state index contributed by atoms with van der Waals surface area (Å²) < 4.78 is 56.6. The fourth-order valence-electron chi connectivity index (χ4n) is 7.04. The summed E-state index contributed by atoms with van der Waals surface area (Å²) in [5.74, 6) is -1.48. The highest BCUT2D eigenvalue weighted by Crippen LogP contribution is 2.60. The first kappa shape index (κ1) is 64.2. The molecule has 0 amide bonds. The molecule has 0 spiro atoms. The zero-order valence-corrected chi connectivity index (χ0v) is 43.7. The van der Waals surface area contributed by atoms with Gasteiger partial charge in [0.15, 0.2) is 12.3 Å². The first-order chi connectivity index (χ1) is 34.5. The van der Waals surface area contributed by atoms with Gasteiger partial charge in [-0.2, -0.15) is 9.29 Å². The van der Waals surface area contributed by atoms with Crippen molar-refractivity contribution < 1.29 is 76.5 Å². The molecule has 1 aliphatic heterocycles. The average molecular weight is 1060 g/mol. The van der Waals surface area contributed by atoms with E-state index in [4.69, 9.17) is 29.0 Å². The Kier molecular flexibility index (Phi) is 33.7. The molecule has 0 aliphatic carbocycles. The average Bonchev–Trinajstić information content (AvgIpc) is 3.61. The minimum atomic E-state index is -5.46. The van der Waals surface area contributed by atoms with Gasteiger partial charge < -0.3 is 50.2 Å². The molecular weight excluding hydrogens is 977 g/mol. The third-order valence-electron chi connectivity index (χ3n) is 11.0. The van der Waals surface area contributed by atoms with Crippen LogP contribution in [0.5, 0.6) is 0 Å². The van der Waals surface area contributed by atoms with E-state index < -0.39 is 95.9 Å². The number of carbonyl (C=O) groups is 2. The molecule has 1 fully saturated rings. The molecule has 1 aromatic rings. The molecule has 8 N–H and O–H groups in total. The minimum Gasteiger partial charge on any atom is -0.462 e. The molecule has 2 rings (SSSR count). The van der Waals surface area contributed by atoms with Gasteiger partial charge in [0, 0.05) is 19.0 Å². The van der Waals surface area contributed by atoms with E-state index in [1.54, 1.807) is 42.5 Å². The second-order valence-electron chi connectivity index (χ2n) is 17.3. The van der Waals surface area contributed by atoms with Crippen molar-refractivity contribution >= 4 is 33.4 Å². The van der Waals surface area contributed by atoms with Gasteiger partial charge in [-0.25, -0.2) is 13.9 Å². The number of allylic oxidation sites excluding steroid dienone is 8. The van der Waals surface area contributed by atoms with E-state index in [1.807, 2.05) is 37.3 Å². The minimum absolute atomic E-state index is 0.0115. The molecule has 1 aromatic heterocycles. The molecule has 2 heterocycles. The fraction of sp³-hybridized carbons (Fsp3) is 0.640. The second kappa shape index (κ2) is 37.8. The number of ether oxygens (including phenoxy) is 3. The van der Waals surface area contributed by atoms with Crippen molar-refractivity contribution in [3.05, 3.63) is 95.7 Å². The predicted octanol–water partition coefficient (Wildman–Crippen LogP) is 8.05. The number of carbonyl (C=O) groups excluding carboxylic acids is 2. The summed E-state index contributed by atoms with van der Waals surface area (Å²) in [6.07, 6.45) is 30.6. The summed E-state index contributed by atoms with van der Waals surface area (Å²) in [4.78, 5) is 61.8. The standard InChI is InChI=1S/C50H81N3O17P2/c1-3-5-7-8-9-10-11-12-13-14-15-20-28-34-46(57)68-42(37-65-45(56)33-27-19-17-16-18-24-30-41(55)32-26-22-21-25-31-40(54)29-23-6-4-2)38-66-71(61,62)70-72(63,64)67-39-43-47(58)48(59)49(69-43)53-36-35-44(51)52-50(53)60/h6,17-19,21-26,31-32,35-36,40-43,47-49,54-55,58-59H,3-5,7-16,20,27-30,33-34,37-39H2,1-2H3,(H,61,62)(H,63,64)(H2,51,52,60)/b19-17-,22-21-,23-6-,24-18-,31-25+,32-26+/t40-,41+,42-,43-,47-,48-,49-/m1/s1. The van der Waals surface area contributed by atoms with E-state index in [0.717, 1.165) is 42.9 Å². The lowest BCUT2D eigenvalue weighted by Gasteiger charge is -2.21. The van der Waals surface area contributed by atoms with E-state index in [9.17, 15) is 53.7 Å². The maximum Gasteiger partial charge on any atom is 0.481 e. The summed E-state index contributed by atoms with van der Waals surface area (Å²) in [5, 5.41) is 40.9. The largest absolute Gasteiger partial charge is 0.481 e. The van der Waals surface area contributed by atoms with Crippen molar-refractivity contribution in [2.45, 2.75) is 185 Å². The number of hydrogen-bond donors (Lipinski definition) is 7. The maximum atomic E-state index is 12.8. The van der Waals surface area contributed by atoms with Gasteiger partial charge in [-0.05, 0) is 44.6 Å². The Morgan fingerprint density at radius 2 is 1.32 bits per heavy atom. The molecule has 2 unspecified atom stereocenters. The number of unbranched alkanes of at least 4 members (excludes halogenated alkanes) is 12. The molecule has 0 radical (unpaired) electrons. The Hall–Kier alpha value is -3.88. The van der Waals surface area contributed by atoms with E-state index in [1.165, 1.54) is 57.4 Å². The van der Waals surface area contributed by atoms with Crippen molar-refractivity contribution in [1.82, 2.24) is 9.55 Å². The summed E-state index contributed by atoms with van der Waals surface area (Å²) in [5.41, 5.74) is 4.57. The lowest BCUT2D eigenvalue weighted by Crippen LogP contribution is -2.36. The van der Waals surface area contributed by atoms with Crippen molar-refractivity contribution in [2.24, 2.45) is 0 Å². The van der Waals surface area contributed by atoms with E-state index in [-0.39, 0.29) is 18.7 Å². The molecule has 408 valence electrons. The first-order valence-electron chi connectivity index (χ1n) is 25.2. The molecule has 1 saturated heterocycles. The van der Waals surface area contributed by atoms with Crippen molar-refractivity contribution in [2.75, 3.05) is 25.6 Å². The zero-order valence-electron chi connectivity index (χ0n) is 41.9. The number of nitrogens with zero attached hydrogens (tertiary/aromatic N) is 2.